The second-order valence-electron chi connectivity index (χ2n) is 5.07. The molecule has 0 aliphatic heterocycles. The van der Waals surface area contributed by atoms with Crippen LogP contribution in [0.5, 0.6) is 5.75 Å². The third kappa shape index (κ3) is 5.79. The van der Waals surface area contributed by atoms with Crippen molar-refractivity contribution in [2.45, 2.75) is 17.9 Å². The fourth-order valence-corrected chi connectivity index (χ4v) is 2.65. The zero-order chi connectivity index (χ0) is 18.2. The molecular weight excluding hydrogens is 345 g/mol. The van der Waals surface area contributed by atoms with E-state index in [1.54, 1.807) is 42.5 Å². The Bertz CT molecular complexity index is 753. The summed E-state index contributed by atoms with van der Waals surface area (Å²) in [6, 6.07) is 13.0. The summed E-state index contributed by atoms with van der Waals surface area (Å²) in [6.45, 7) is 1.47. The van der Waals surface area contributed by atoms with E-state index in [2.05, 4.69) is 5.32 Å². The molecule has 2 aromatic rings. The summed E-state index contributed by atoms with van der Waals surface area (Å²) in [5.41, 5.74) is 0.535. The second-order valence-corrected chi connectivity index (χ2v) is 6.09. The van der Waals surface area contributed by atoms with Crippen LogP contribution in [0, 0.1) is 5.82 Å². The largest absolute Gasteiger partial charge is 0.497 e. The minimum absolute atomic E-state index is 0.0856. The van der Waals surface area contributed by atoms with Crippen LogP contribution in [-0.2, 0) is 14.3 Å². The Labute approximate surface area is 149 Å². The summed E-state index contributed by atoms with van der Waals surface area (Å²) in [7, 11) is 1.53. The lowest BCUT2D eigenvalue weighted by Crippen LogP contribution is -2.30. The van der Waals surface area contributed by atoms with Gasteiger partial charge in [0.25, 0.3) is 5.91 Å². The number of thioether (sulfide) groups is 1. The predicted octanol–water partition coefficient (Wildman–Crippen LogP) is 3.50. The summed E-state index contributed by atoms with van der Waals surface area (Å²) < 4.78 is 23.6. The zero-order valence-corrected chi connectivity index (χ0v) is 14.6. The number of ether oxygens (including phenoxy) is 2. The number of rotatable bonds is 7. The normalized spacial score (nSPS) is 11.5. The van der Waals surface area contributed by atoms with Crippen molar-refractivity contribution in [3.05, 3.63) is 54.3 Å². The molecule has 1 atom stereocenters. The molecule has 0 aromatic heterocycles. The average Bonchev–Trinajstić information content (AvgIpc) is 2.61. The average molecular weight is 363 g/mol. The standard InChI is InChI=1S/C18H18FNO4S/c1-12(18(22)20-13-6-5-7-14(10-13)23-2)24-17(21)11-25-16-9-4-3-8-15(16)19/h3-10,12H,11H2,1-2H3,(H,20,22)/t12-/m0/s1. The van der Waals surface area contributed by atoms with Gasteiger partial charge in [-0.15, -0.1) is 11.8 Å². The van der Waals surface area contributed by atoms with Crippen LogP contribution >= 0.6 is 11.8 Å². The molecule has 2 aromatic carbocycles. The van der Waals surface area contributed by atoms with Gasteiger partial charge in [0.2, 0.25) is 0 Å². The molecule has 0 saturated carbocycles. The molecule has 5 nitrogen and oxygen atoms in total. The molecule has 0 aliphatic carbocycles. The lowest BCUT2D eigenvalue weighted by molar-refractivity contribution is -0.150. The lowest BCUT2D eigenvalue weighted by atomic mass is 10.3. The maximum Gasteiger partial charge on any atom is 0.317 e. The number of nitrogens with one attached hydrogen (secondary N) is 1. The Morgan fingerprint density at radius 3 is 2.68 bits per heavy atom. The molecule has 132 valence electrons. The van der Waals surface area contributed by atoms with E-state index in [1.807, 2.05) is 0 Å². The molecule has 0 bridgehead atoms. The van der Waals surface area contributed by atoms with Gasteiger partial charge < -0.3 is 14.8 Å². The number of carbonyl (C=O) groups excluding carboxylic acids is 2. The maximum atomic E-state index is 13.5. The molecule has 0 fully saturated rings. The monoisotopic (exact) mass is 363 g/mol. The van der Waals surface area contributed by atoms with Crippen molar-refractivity contribution in [2.24, 2.45) is 0 Å². The van der Waals surface area contributed by atoms with Crippen LogP contribution in [0.25, 0.3) is 0 Å². The highest BCUT2D eigenvalue weighted by atomic mass is 32.2. The topological polar surface area (TPSA) is 64.6 Å². The molecule has 0 radical (unpaired) electrons. The lowest BCUT2D eigenvalue weighted by Gasteiger charge is -2.14. The van der Waals surface area contributed by atoms with Crippen LogP contribution in [0.3, 0.4) is 0 Å². The zero-order valence-electron chi connectivity index (χ0n) is 13.8. The van der Waals surface area contributed by atoms with E-state index in [-0.39, 0.29) is 5.75 Å². The number of esters is 1. The van der Waals surface area contributed by atoms with Crippen LogP contribution in [0.2, 0.25) is 0 Å². The molecule has 25 heavy (non-hydrogen) atoms. The molecule has 1 N–H and O–H groups in total. The van der Waals surface area contributed by atoms with E-state index in [4.69, 9.17) is 9.47 Å². The summed E-state index contributed by atoms with van der Waals surface area (Å²) in [6.07, 6.45) is -0.972. The number of anilines is 1. The Kier molecular flexibility index (Phi) is 6.82. The van der Waals surface area contributed by atoms with Crippen molar-refractivity contribution in [1.29, 1.82) is 0 Å². The van der Waals surface area contributed by atoms with E-state index in [0.29, 0.717) is 16.3 Å². The third-order valence-corrected chi connectivity index (χ3v) is 4.22. The number of methoxy groups -OCH3 is 1. The predicted molar refractivity (Wildman–Crippen MR) is 94.3 cm³/mol. The minimum atomic E-state index is -0.972. The van der Waals surface area contributed by atoms with Crippen molar-refractivity contribution in [3.8, 4) is 5.75 Å². The van der Waals surface area contributed by atoms with Gasteiger partial charge >= 0.3 is 5.97 Å². The molecule has 0 spiro atoms. The number of carbonyl (C=O) groups is 2. The molecule has 7 heteroatoms. The fourth-order valence-electron chi connectivity index (χ4n) is 1.93. The van der Waals surface area contributed by atoms with Crippen molar-refractivity contribution >= 4 is 29.3 Å². The van der Waals surface area contributed by atoms with Crippen molar-refractivity contribution < 1.29 is 23.5 Å². The van der Waals surface area contributed by atoms with Gasteiger partial charge in [-0.1, -0.05) is 18.2 Å². The number of hydrogen-bond donors (Lipinski definition) is 1. The summed E-state index contributed by atoms with van der Waals surface area (Å²) in [5.74, 6) is -0.940. The molecule has 0 saturated heterocycles. The van der Waals surface area contributed by atoms with E-state index in [0.717, 1.165) is 11.8 Å². The first-order valence-corrected chi connectivity index (χ1v) is 8.50. The Morgan fingerprint density at radius 2 is 1.96 bits per heavy atom. The quantitative estimate of drug-likeness (QED) is 0.603. The smallest absolute Gasteiger partial charge is 0.317 e. The van der Waals surface area contributed by atoms with Crippen LogP contribution in [-0.4, -0.2) is 30.8 Å². The first kappa shape index (κ1) is 18.8. The van der Waals surface area contributed by atoms with Crippen LogP contribution in [0.15, 0.2) is 53.4 Å². The van der Waals surface area contributed by atoms with Gasteiger partial charge in [-0.3, -0.25) is 9.59 Å². The summed E-state index contributed by atoms with van der Waals surface area (Å²) in [5, 5.41) is 2.64. The van der Waals surface area contributed by atoms with Gasteiger partial charge in [-0.05, 0) is 31.2 Å². The summed E-state index contributed by atoms with van der Waals surface area (Å²) in [4.78, 5) is 24.3. The van der Waals surface area contributed by atoms with Gasteiger partial charge in [0.15, 0.2) is 6.10 Å². The molecule has 0 heterocycles. The Morgan fingerprint density at radius 1 is 1.20 bits per heavy atom. The van der Waals surface area contributed by atoms with Crippen LogP contribution < -0.4 is 10.1 Å². The van der Waals surface area contributed by atoms with Crippen molar-refractivity contribution in [1.82, 2.24) is 0 Å². The van der Waals surface area contributed by atoms with Crippen LogP contribution in [0.4, 0.5) is 10.1 Å². The van der Waals surface area contributed by atoms with Crippen LogP contribution in [0.1, 0.15) is 6.92 Å². The Balaban J connectivity index is 1.83. The Hall–Kier alpha value is -2.54. The van der Waals surface area contributed by atoms with Gasteiger partial charge in [-0.2, -0.15) is 0 Å². The number of halogens is 1. The molecule has 2 rings (SSSR count). The SMILES string of the molecule is COc1cccc(NC(=O)[C@H](C)OC(=O)CSc2ccccc2F)c1. The maximum absolute atomic E-state index is 13.5. The number of amides is 1. The minimum Gasteiger partial charge on any atom is -0.497 e. The first-order valence-electron chi connectivity index (χ1n) is 7.51. The molecular formula is C18H18FNO4S. The number of hydrogen-bond acceptors (Lipinski definition) is 5. The van der Waals surface area contributed by atoms with Gasteiger partial charge in [0.1, 0.15) is 11.6 Å². The van der Waals surface area contributed by atoms with Crippen molar-refractivity contribution in [3.63, 3.8) is 0 Å². The third-order valence-electron chi connectivity index (χ3n) is 3.20. The van der Waals surface area contributed by atoms with Gasteiger partial charge in [0.05, 0.1) is 12.9 Å². The number of benzene rings is 2. The van der Waals surface area contributed by atoms with Crippen molar-refractivity contribution in [2.75, 3.05) is 18.2 Å². The van der Waals surface area contributed by atoms with Gasteiger partial charge in [-0.25, -0.2) is 4.39 Å². The highest BCUT2D eigenvalue weighted by Crippen LogP contribution is 2.21. The molecule has 1 amide bonds. The first-order chi connectivity index (χ1) is 12.0. The van der Waals surface area contributed by atoms with E-state index in [9.17, 15) is 14.0 Å². The van der Waals surface area contributed by atoms with E-state index >= 15 is 0 Å². The highest BCUT2D eigenvalue weighted by Gasteiger charge is 2.18. The highest BCUT2D eigenvalue weighted by molar-refractivity contribution is 8.00. The molecule has 0 aliphatic rings. The summed E-state index contributed by atoms with van der Waals surface area (Å²) >= 11 is 1.02. The second kappa shape index (κ2) is 9.08. The van der Waals surface area contributed by atoms with Gasteiger partial charge in [0, 0.05) is 16.6 Å². The molecule has 0 unspecified atom stereocenters. The van der Waals surface area contributed by atoms with E-state index < -0.39 is 23.8 Å². The van der Waals surface area contributed by atoms with E-state index in [1.165, 1.54) is 20.1 Å². The fraction of sp³-hybridized carbons (Fsp3) is 0.222.